The van der Waals surface area contributed by atoms with Crippen LogP contribution < -0.4 is 0 Å². The lowest BCUT2D eigenvalue weighted by Gasteiger charge is -1.93. The molecular formula is C8H7O2+. The average molecular weight is 135 g/mol. The van der Waals surface area contributed by atoms with Crippen molar-refractivity contribution in [1.29, 1.82) is 0 Å². The van der Waals surface area contributed by atoms with Gasteiger partial charge in [0.1, 0.15) is 6.08 Å². The zero-order valence-corrected chi connectivity index (χ0v) is 5.63. The number of rotatable bonds is 2. The molecule has 0 radical (unpaired) electrons. The second-order valence-electron chi connectivity index (χ2n) is 1.80. The number of ether oxygens (including phenoxy) is 1. The van der Waals surface area contributed by atoms with Crippen LogP contribution in [0.3, 0.4) is 0 Å². The Morgan fingerprint density at radius 1 is 1.60 bits per heavy atom. The van der Waals surface area contributed by atoms with E-state index in [9.17, 15) is 4.79 Å². The summed E-state index contributed by atoms with van der Waals surface area (Å²) in [4.78, 5) is 10.1. The molecule has 1 rings (SSSR count). The zero-order valence-electron chi connectivity index (χ0n) is 5.63. The van der Waals surface area contributed by atoms with E-state index < -0.39 is 0 Å². The highest BCUT2D eigenvalue weighted by Crippen LogP contribution is 2.07. The van der Waals surface area contributed by atoms with Crippen LogP contribution in [-0.2, 0) is 9.53 Å². The van der Waals surface area contributed by atoms with E-state index in [2.05, 4.69) is 6.08 Å². The van der Waals surface area contributed by atoms with Crippen LogP contribution in [0, 0.1) is 6.08 Å². The molecule has 0 fully saturated rings. The minimum Gasteiger partial charge on any atom is -0.452 e. The second kappa shape index (κ2) is 2.95. The van der Waals surface area contributed by atoms with Crippen molar-refractivity contribution < 1.29 is 9.53 Å². The molecule has 2 heteroatoms. The molecule has 10 heavy (non-hydrogen) atoms. The van der Waals surface area contributed by atoms with Gasteiger partial charge in [0.2, 0.25) is 12.0 Å². The number of methoxy groups -OCH3 is 1. The van der Waals surface area contributed by atoms with Crippen molar-refractivity contribution in [2.75, 3.05) is 7.11 Å². The first-order valence-corrected chi connectivity index (χ1v) is 2.87. The Kier molecular flexibility index (Phi) is 1.98. The van der Waals surface area contributed by atoms with E-state index in [0.29, 0.717) is 11.3 Å². The minimum absolute atomic E-state index is 0.542. The maximum Gasteiger partial charge on any atom is 0.239 e. The molecule has 1 aliphatic carbocycles. The standard InChI is InChI=1S/C8H7O2/c1-10-8-4-2-7(6-9)3-5-8/h2,4-6H,1H3/q+1. The normalized spacial score (nSPS) is 14.9. The third-order valence-electron chi connectivity index (χ3n) is 1.17. The zero-order chi connectivity index (χ0) is 7.40. The van der Waals surface area contributed by atoms with E-state index in [0.717, 1.165) is 6.29 Å². The van der Waals surface area contributed by atoms with Crippen molar-refractivity contribution in [2.24, 2.45) is 0 Å². The third kappa shape index (κ3) is 1.30. The van der Waals surface area contributed by atoms with Crippen molar-refractivity contribution in [3.63, 3.8) is 0 Å². The van der Waals surface area contributed by atoms with Crippen LogP contribution in [0.1, 0.15) is 0 Å². The fourth-order valence-electron chi connectivity index (χ4n) is 0.623. The maximum atomic E-state index is 10.1. The van der Waals surface area contributed by atoms with Crippen LogP contribution in [0.25, 0.3) is 0 Å². The largest absolute Gasteiger partial charge is 0.452 e. The lowest BCUT2D eigenvalue weighted by Crippen LogP contribution is -1.88. The predicted octanol–water partition coefficient (Wildman–Crippen LogP) is 1.01. The number of hydrogen-bond acceptors (Lipinski definition) is 2. The maximum absolute atomic E-state index is 10.1. The highest BCUT2D eigenvalue weighted by atomic mass is 16.5. The molecule has 0 heterocycles. The van der Waals surface area contributed by atoms with Gasteiger partial charge < -0.3 is 4.74 Å². The van der Waals surface area contributed by atoms with Crippen LogP contribution in [0.5, 0.6) is 0 Å². The van der Waals surface area contributed by atoms with Gasteiger partial charge in [-0.15, -0.1) is 0 Å². The Labute approximate surface area is 59.5 Å². The van der Waals surface area contributed by atoms with Gasteiger partial charge in [-0.1, -0.05) is 0 Å². The summed E-state index contributed by atoms with van der Waals surface area (Å²) >= 11 is 0. The first-order chi connectivity index (χ1) is 4.86. The summed E-state index contributed by atoms with van der Waals surface area (Å²) in [5, 5.41) is 0. The predicted molar refractivity (Wildman–Crippen MR) is 37.1 cm³/mol. The van der Waals surface area contributed by atoms with Crippen LogP contribution in [-0.4, -0.2) is 13.4 Å². The Bertz CT molecular complexity index is 221. The summed E-state index contributed by atoms with van der Waals surface area (Å²) in [5.41, 5.74) is 0.542. The first kappa shape index (κ1) is 6.72. The minimum atomic E-state index is 0.542. The smallest absolute Gasteiger partial charge is 0.239 e. The van der Waals surface area contributed by atoms with E-state index in [4.69, 9.17) is 4.74 Å². The summed E-state index contributed by atoms with van der Waals surface area (Å²) in [6.45, 7) is 0. The lowest BCUT2D eigenvalue weighted by molar-refractivity contribution is -0.104. The average Bonchev–Trinajstić information content (AvgIpc) is 2.05. The summed E-state index contributed by atoms with van der Waals surface area (Å²) in [6, 6.07) is 0. The van der Waals surface area contributed by atoms with Gasteiger partial charge in [-0.2, -0.15) is 0 Å². The second-order valence-corrected chi connectivity index (χ2v) is 1.80. The molecule has 0 unspecified atom stereocenters. The highest BCUT2D eigenvalue weighted by Gasteiger charge is 2.06. The number of carbonyl (C=O) groups is 1. The van der Waals surface area contributed by atoms with Crippen LogP contribution in [0.15, 0.2) is 29.6 Å². The van der Waals surface area contributed by atoms with Gasteiger partial charge in [-0.25, -0.2) is 4.79 Å². The van der Waals surface area contributed by atoms with Crippen LogP contribution in [0.4, 0.5) is 0 Å². The molecule has 2 nitrogen and oxygen atoms in total. The fourth-order valence-corrected chi connectivity index (χ4v) is 0.623. The molecule has 0 aromatic rings. The molecule has 1 aliphatic rings. The number of hydrogen-bond donors (Lipinski definition) is 0. The van der Waals surface area contributed by atoms with Gasteiger partial charge in [0.05, 0.1) is 13.2 Å². The SMILES string of the molecule is COC1=C[C+]=C(C=O)C=C1. The molecule has 0 atom stereocenters. The summed E-state index contributed by atoms with van der Waals surface area (Å²) < 4.78 is 4.87. The molecule has 0 N–H and O–H groups in total. The molecule has 50 valence electrons. The molecule has 0 aliphatic heterocycles. The van der Waals surface area contributed by atoms with Crippen molar-refractivity contribution in [3.05, 3.63) is 35.6 Å². The molecule has 0 saturated carbocycles. The molecular weight excluding hydrogens is 128 g/mol. The van der Waals surface area contributed by atoms with Crippen molar-refractivity contribution in [3.8, 4) is 0 Å². The quantitative estimate of drug-likeness (QED) is 0.417. The Balaban J connectivity index is 2.77. The Hall–Kier alpha value is -1.40. The van der Waals surface area contributed by atoms with E-state index in [1.165, 1.54) is 0 Å². The summed E-state index contributed by atoms with van der Waals surface area (Å²) in [5.74, 6) is 0.714. The molecule has 0 aromatic heterocycles. The van der Waals surface area contributed by atoms with Gasteiger partial charge in [0.15, 0.2) is 5.57 Å². The summed E-state index contributed by atoms with van der Waals surface area (Å²) in [7, 11) is 1.57. The van der Waals surface area contributed by atoms with E-state index in [1.54, 1.807) is 25.3 Å². The van der Waals surface area contributed by atoms with Crippen LogP contribution >= 0.6 is 0 Å². The van der Waals surface area contributed by atoms with Crippen molar-refractivity contribution >= 4 is 6.29 Å². The van der Waals surface area contributed by atoms with Crippen molar-refractivity contribution in [2.45, 2.75) is 0 Å². The van der Waals surface area contributed by atoms with Crippen LogP contribution in [0.2, 0.25) is 0 Å². The topological polar surface area (TPSA) is 26.3 Å². The molecule has 0 bridgehead atoms. The Morgan fingerprint density at radius 2 is 2.40 bits per heavy atom. The molecule has 0 aromatic carbocycles. The monoisotopic (exact) mass is 135 g/mol. The molecule has 0 amide bonds. The number of carbonyl (C=O) groups excluding carboxylic acids is 1. The fraction of sp³-hybridized carbons (Fsp3) is 0.125. The van der Waals surface area contributed by atoms with E-state index in [1.807, 2.05) is 0 Å². The van der Waals surface area contributed by atoms with Gasteiger partial charge in [-0.05, 0) is 0 Å². The third-order valence-corrected chi connectivity index (χ3v) is 1.17. The number of allylic oxidation sites excluding steroid dienone is 5. The lowest BCUT2D eigenvalue weighted by atomic mass is 10.2. The van der Waals surface area contributed by atoms with Gasteiger partial charge in [0.25, 0.3) is 0 Å². The van der Waals surface area contributed by atoms with E-state index >= 15 is 0 Å². The molecule has 0 saturated heterocycles. The summed E-state index contributed by atoms with van der Waals surface area (Å²) in [6.07, 6.45) is 8.50. The van der Waals surface area contributed by atoms with Crippen molar-refractivity contribution in [1.82, 2.24) is 0 Å². The van der Waals surface area contributed by atoms with Gasteiger partial charge >= 0.3 is 0 Å². The highest BCUT2D eigenvalue weighted by molar-refractivity contribution is 5.77. The Morgan fingerprint density at radius 3 is 2.80 bits per heavy atom. The van der Waals surface area contributed by atoms with Gasteiger partial charge in [0, 0.05) is 12.2 Å². The number of aldehydes is 1. The van der Waals surface area contributed by atoms with E-state index in [-0.39, 0.29) is 0 Å². The first-order valence-electron chi connectivity index (χ1n) is 2.87. The molecule has 0 spiro atoms. The van der Waals surface area contributed by atoms with Gasteiger partial charge in [-0.3, -0.25) is 0 Å².